The summed E-state index contributed by atoms with van der Waals surface area (Å²) in [6, 6.07) is -1.03. The van der Waals surface area contributed by atoms with Gasteiger partial charge in [0.2, 0.25) is 0 Å². The zero-order valence-corrected chi connectivity index (χ0v) is 13.0. The van der Waals surface area contributed by atoms with Gasteiger partial charge in [0.15, 0.2) is 0 Å². The molecule has 0 aromatic heterocycles. The van der Waals surface area contributed by atoms with Crippen molar-refractivity contribution >= 4 is 23.8 Å². The van der Waals surface area contributed by atoms with Gasteiger partial charge >= 0.3 is 12.0 Å². The van der Waals surface area contributed by atoms with Gasteiger partial charge in [0.25, 0.3) is 0 Å². The summed E-state index contributed by atoms with van der Waals surface area (Å²) < 4.78 is 0. The Kier molecular flexibility index (Phi) is 6.21. The van der Waals surface area contributed by atoms with E-state index >= 15 is 0 Å². The van der Waals surface area contributed by atoms with Gasteiger partial charge in [-0.3, -0.25) is 4.90 Å². The molecule has 0 aliphatic carbocycles. The predicted octanol–water partition coefficient (Wildman–Crippen LogP) is 1.94. The van der Waals surface area contributed by atoms with Crippen LogP contribution in [-0.4, -0.2) is 57.2 Å². The first-order valence-corrected chi connectivity index (χ1v) is 7.84. The molecule has 1 saturated heterocycles. The second kappa shape index (κ2) is 7.44. The van der Waals surface area contributed by atoms with E-state index < -0.39 is 12.0 Å². The van der Waals surface area contributed by atoms with Gasteiger partial charge in [0.05, 0.1) is 11.9 Å². The van der Waals surface area contributed by atoms with Crippen LogP contribution in [-0.2, 0) is 4.79 Å². The Labute approximate surface area is 124 Å². The molecule has 0 radical (unpaired) electrons. The first-order chi connectivity index (χ1) is 9.43. The highest BCUT2D eigenvalue weighted by Gasteiger charge is 2.44. The summed E-state index contributed by atoms with van der Waals surface area (Å²) in [5, 5.41) is 9.20. The van der Waals surface area contributed by atoms with Gasteiger partial charge in [-0.2, -0.15) is 0 Å². The number of aliphatic carboxylic acids is 1. The third-order valence-corrected chi connectivity index (χ3v) is 4.78. The number of thioether (sulfide) groups is 1. The average molecular weight is 298 g/mol. The zero-order chi connectivity index (χ0) is 15.3. The largest absolute Gasteiger partial charge is 0.480 e. The number of carbonyl (C=O) groups is 2. The summed E-state index contributed by atoms with van der Waals surface area (Å²) in [6.45, 7) is 6.71. The van der Waals surface area contributed by atoms with E-state index in [0.717, 1.165) is 6.42 Å². The molecule has 1 heterocycles. The standard InChI is InChI=1S/C14H22N2O3S/c1-5-7-15(8-6-2)14(19)16-11(13(17)18)9-20-12(16)10(3)4/h1,10-12H,6-9H2,2-4H3,(H,17,18). The molecule has 1 aliphatic rings. The predicted molar refractivity (Wildman–Crippen MR) is 80.4 cm³/mol. The molecule has 0 bridgehead atoms. The zero-order valence-electron chi connectivity index (χ0n) is 12.2. The Bertz CT molecular complexity index is 406. The minimum absolute atomic E-state index is 0.110. The van der Waals surface area contributed by atoms with Crippen LogP contribution in [0.4, 0.5) is 4.79 Å². The van der Waals surface area contributed by atoms with Gasteiger partial charge in [-0.1, -0.05) is 26.7 Å². The highest BCUT2D eigenvalue weighted by atomic mass is 32.2. The Morgan fingerprint density at radius 3 is 2.65 bits per heavy atom. The van der Waals surface area contributed by atoms with Crippen molar-refractivity contribution in [1.82, 2.24) is 9.80 Å². The lowest BCUT2D eigenvalue weighted by molar-refractivity contribution is -0.141. The highest BCUT2D eigenvalue weighted by Crippen LogP contribution is 2.34. The number of rotatable bonds is 5. The average Bonchev–Trinajstić information content (AvgIpc) is 2.82. The van der Waals surface area contributed by atoms with Crippen LogP contribution in [0, 0.1) is 18.3 Å². The van der Waals surface area contributed by atoms with Crippen molar-refractivity contribution in [3.05, 3.63) is 0 Å². The number of urea groups is 1. The molecule has 0 aromatic rings. The van der Waals surface area contributed by atoms with Crippen LogP contribution in [0.3, 0.4) is 0 Å². The van der Waals surface area contributed by atoms with Gasteiger partial charge in [-0.15, -0.1) is 18.2 Å². The molecule has 112 valence electrons. The van der Waals surface area contributed by atoms with Gasteiger partial charge in [0, 0.05) is 12.3 Å². The third-order valence-electron chi connectivity index (χ3n) is 3.16. The van der Waals surface area contributed by atoms with Gasteiger partial charge in [-0.25, -0.2) is 9.59 Å². The maximum absolute atomic E-state index is 12.6. The monoisotopic (exact) mass is 298 g/mol. The molecule has 1 fully saturated rings. The van der Waals surface area contributed by atoms with Crippen molar-refractivity contribution in [2.24, 2.45) is 5.92 Å². The second-order valence-corrected chi connectivity index (χ2v) is 6.29. The van der Waals surface area contributed by atoms with Crippen molar-refractivity contribution in [2.75, 3.05) is 18.8 Å². The van der Waals surface area contributed by atoms with E-state index in [9.17, 15) is 14.7 Å². The van der Waals surface area contributed by atoms with Crippen molar-refractivity contribution < 1.29 is 14.7 Å². The van der Waals surface area contributed by atoms with E-state index in [4.69, 9.17) is 6.42 Å². The molecule has 5 nitrogen and oxygen atoms in total. The van der Waals surface area contributed by atoms with E-state index in [1.807, 2.05) is 20.8 Å². The summed E-state index contributed by atoms with van der Waals surface area (Å²) in [5.41, 5.74) is 0. The number of hydrogen-bond acceptors (Lipinski definition) is 3. The van der Waals surface area contributed by atoms with Gasteiger partial charge < -0.3 is 10.0 Å². The molecule has 2 unspecified atom stereocenters. The number of hydrogen-bond donors (Lipinski definition) is 1. The Morgan fingerprint density at radius 1 is 1.55 bits per heavy atom. The Hall–Kier alpha value is -1.35. The molecule has 0 saturated carbocycles. The first kappa shape index (κ1) is 16.7. The topological polar surface area (TPSA) is 60.9 Å². The summed E-state index contributed by atoms with van der Waals surface area (Å²) in [5.74, 6) is 2.14. The molecular formula is C14H22N2O3S. The Balaban J connectivity index is 2.98. The molecule has 20 heavy (non-hydrogen) atoms. The first-order valence-electron chi connectivity index (χ1n) is 6.79. The number of amides is 2. The van der Waals surface area contributed by atoms with Crippen LogP contribution in [0.5, 0.6) is 0 Å². The molecule has 0 aromatic carbocycles. The molecule has 1 aliphatic heterocycles. The minimum atomic E-state index is -0.953. The van der Waals surface area contributed by atoms with Crippen LogP contribution in [0.1, 0.15) is 27.2 Å². The quantitative estimate of drug-likeness (QED) is 0.788. The van der Waals surface area contributed by atoms with Crippen LogP contribution in [0.25, 0.3) is 0 Å². The van der Waals surface area contributed by atoms with Crippen molar-refractivity contribution in [3.63, 3.8) is 0 Å². The van der Waals surface area contributed by atoms with Crippen LogP contribution in [0.2, 0.25) is 0 Å². The number of carboxylic acids is 1. The highest BCUT2D eigenvalue weighted by molar-refractivity contribution is 8.00. The Morgan fingerprint density at radius 2 is 2.20 bits per heavy atom. The summed E-state index contributed by atoms with van der Waals surface area (Å²) in [7, 11) is 0. The lowest BCUT2D eigenvalue weighted by atomic mass is 10.1. The van der Waals surface area contributed by atoms with Crippen LogP contribution in [0.15, 0.2) is 0 Å². The normalized spacial score (nSPS) is 21.9. The molecule has 2 atom stereocenters. The molecular weight excluding hydrogens is 276 g/mol. The number of carboxylic acid groups (broad SMARTS) is 1. The second-order valence-electron chi connectivity index (χ2n) is 5.14. The van der Waals surface area contributed by atoms with E-state index in [2.05, 4.69) is 5.92 Å². The van der Waals surface area contributed by atoms with E-state index in [1.54, 1.807) is 4.90 Å². The maximum Gasteiger partial charge on any atom is 0.327 e. The minimum Gasteiger partial charge on any atom is -0.480 e. The van der Waals surface area contributed by atoms with Crippen molar-refractivity contribution in [1.29, 1.82) is 0 Å². The fourth-order valence-electron chi connectivity index (χ4n) is 2.26. The number of carbonyl (C=O) groups excluding carboxylic acids is 1. The molecule has 2 amide bonds. The van der Waals surface area contributed by atoms with E-state index in [0.29, 0.717) is 12.3 Å². The van der Waals surface area contributed by atoms with E-state index in [-0.39, 0.29) is 23.9 Å². The van der Waals surface area contributed by atoms with Crippen molar-refractivity contribution in [2.45, 2.75) is 38.6 Å². The lowest BCUT2D eigenvalue weighted by Gasteiger charge is -2.34. The smallest absolute Gasteiger partial charge is 0.327 e. The van der Waals surface area contributed by atoms with E-state index in [1.165, 1.54) is 16.7 Å². The third kappa shape index (κ3) is 3.60. The van der Waals surface area contributed by atoms with Crippen LogP contribution >= 0.6 is 11.8 Å². The molecule has 1 N–H and O–H groups in total. The lowest BCUT2D eigenvalue weighted by Crippen LogP contribution is -2.53. The summed E-state index contributed by atoms with van der Waals surface area (Å²) in [4.78, 5) is 27.0. The fraction of sp³-hybridized carbons (Fsp3) is 0.714. The van der Waals surface area contributed by atoms with Gasteiger partial charge in [-0.05, 0) is 12.3 Å². The molecule has 1 rings (SSSR count). The van der Waals surface area contributed by atoms with Crippen molar-refractivity contribution in [3.8, 4) is 12.3 Å². The molecule has 0 spiro atoms. The fourth-order valence-corrected chi connectivity index (χ4v) is 3.72. The maximum atomic E-state index is 12.6. The number of nitrogens with zero attached hydrogens (tertiary/aromatic N) is 2. The summed E-state index contributed by atoms with van der Waals surface area (Å²) >= 11 is 1.52. The van der Waals surface area contributed by atoms with Crippen LogP contribution < -0.4 is 0 Å². The SMILES string of the molecule is C#CCN(CCC)C(=O)N1C(C(=O)O)CSC1C(C)C. The molecule has 6 heteroatoms. The van der Waals surface area contributed by atoms with Gasteiger partial charge in [0.1, 0.15) is 6.04 Å². The number of terminal acetylenes is 1. The summed E-state index contributed by atoms with van der Waals surface area (Å²) in [6.07, 6.45) is 6.09.